The van der Waals surface area contributed by atoms with Crippen molar-refractivity contribution in [1.82, 2.24) is 9.80 Å². The minimum Gasteiger partial charge on any atom is -0.493 e. The largest absolute Gasteiger partial charge is 0.493 e. The van der Waals surface area contributed by atoms with Crippen LogP contribution >= 0.6 is 11.6 Å². The maximum Gasteiger partial charge on any atom is 0.321 e. The van der Waals surface area contributed by atoms with Crippen molar-refractivity contribution in [3.8, 4) is 11.5 Å². The molecule has 0 saturated carbocycles. The first-order chi connectivity index (χ1) is 15.9. The highest BCUT2D eigenvalue weighted by Crippen LogP contribution is 2.36. The van der Waals surface area contributed by atoms with Crippen molar-refractivity contribution in [2.75, 3.05) is 45.2 Å². The number of rotatable bonds is 7. The van der Waals surface area contributed by atoms with Crippen LogP contribution in [0.4, 0.5) is 10.5 Å². The second kappa shape index (κ2) is 11.6. The maximum absolute atomic E-state index is 12.7. The average Bonchev–Trinajstić information content (AvgIpc) is 2.81. The van der Waals surface area contributed by atoms with Gasteiger partial charge >= 0.3 is 6.03 Å². The van der Waals surface area contributed by atoms with E-state index in [1.807, 2.05) is 38.1 Å². The lowest BCUT2D eigenvalue weighted by Crippen LogP contribution is -2.51. The van der Waals surface area contributed by atoms with Gasteiger partial charge in [0.2, 0.25) is 5.91 Å². The summed E-state index contributed by atoms with van der Waals surface area (Å²) < 4.78 is 11.1. The van der Waals surface area contributed by atoms with E-state index in [1.54, 1.807) is 35.1 Å². The third-order valence-electron chi connectivity index (χ3n) is 5.27. The second-order valence-electron chi connectivity index (χ2n) is 7.83. The van der Waals surface area contributed by atoms with E-state index in [-0.39, 0.29) is 11.9 Å². The number of ether oxygens (including phenoxy) is 2. The molecule has 1 aliphatic heterocycles. The number of urea groups is 1. The molecule has 3 rings (SSSR count). The molecule has 0 aliphatic carbocycles. The lowest BCUT2D eigenvalue weighted by Gasteiger charge is -2.34. The first kappa shape index (κ1) is 24.5. The Labute approximate surface area is 199 Å². The zero-order chi connectivity index (χ0) is 23.8. The first-order valence-electron chi connectivity index (χ1n) is 11.0. The van der Waals surface area contributed by atoms with Crippen molar-refractivity contribution in [3.63, 3.8) is 0 Å². The molecule has 0 aromatic heterocycles. The quantitative estimate of drug-likeness (QED) is 0.587. The molecular formula is C25H30ClN3O4. The van der Waals surface area contributed by atoms with Crippen LogP contribution in [0.15, 0.2) is 42.5 Å². The predicted octanol–water partition coefficient (Wildman–Crippen LogP) is 4.84. The van der Waals surface area contributed by atoms with Crippen molar-refractivity contribution in [1.29, 1.82) is 0 Å². The number of carbonyl (C=O) groups excluding carboxylic acids is 2. The van der Waals surface area contributed by atoms with E-state index in [0.717, 1.165) is 23.2 Å². The molecule has 33 heavy (non-hydrogen) atoms. The number of nitrogens with one attached hydrogen (secondary N) is 1. The van der Waals surface area contributed by atoms with E-state index in [0.29, 0.717) is 49.3 Å². The first-order valence-corrected chi connectivity index (χ1v) is 11.4. The van der Waals surface area contributed by atoms with Crippen molar-refractivity contribution in [2.24, 2.45) is 0 Å². The van der Waals surface area contributed by atoms with Crippen molar-refractivity contribution >= 4 is 35.3 Å². The van der Waals surface area contributed by atoms with Crippen LogP contribution in [0.2, 0.25) is 5.02 Å². The normalized spacial score (nSPS) is 13.8. The molecule has 0 atom stereocenters. The molecule has 0 bridgehead atoms. The second-order valence-corrected chi connectivity index (χ2v) is 8.24. The zero-order valence-corrected chi connectivity index (χ0v) is 20.0. The molecule has 2 aromatic rings. The van der Waals surface area contributed by atoms with Gasteiger partial charge in [-0.05, 0) is 54.8 Å². The highest BCUT2D eigenvalue weighted by Gasteiger charge is 2.23. The number of carbonyl (C=O) groups is 2. The summed E-state index contributed by atoms with van der Waals surface area (Å²) in [5, 5.41) is 3.34. The molecule has 0 spiro atoms. The number of amides is 3. The van der Waals surface area contributed by atoms with Gasteiger partial charge in [-0.3, -0.25) is 4.79 Å². The van der Waals surface area contributed by atoms with Gasteiger partial charge in [-0.1, -0.05) is 30.7 Å². The summed E-state index contributed by atoms with van der Waals surface area (Å²) in [5.41, 5.74) is 2.59. The Bertz CT molecular complexity index is 1020. The fraction of sp³-hybridized carbons (Fsp3) is 0.360. The summed E-state index contributed by atoms with van der Waals surface area (Å²) in [6, 6.07) is 11.0. The summed E-state index contributed by atoms with van der Waals surface area (Å²) in [5.74, 6) is 0.913. The van der Waals surface area contributed by atoms with Crippen LogP contribution in [0.3, 0.4) is 0 Å². The summed E-state index contributed by atoms with van der Waals surface area (Å²) in [7, 11) is 1.55. The summed E-state index contributed by atoms with van der Waals surface area (Å²) in [4.78, 5) is 28.6. The third kappa shape index (κ3) is 6.65. The van der Waals surface area contributed by atoms with E-state index >= 15 is 0 Å². The van der Waals surface area contributed by atoms with Crippen molar-refractivity contribution in [2.45, 2.75) is 20.3 Å². The monoisotopic (exact) mass is 471 g/mol. The van der Waals surface area contributed by atoms with E-state index in [9.17, 15) is 9.59 Å². The van der Waals surface area contributed by atoms with E-state index in [2.05, 4.69) is 5.32 Å². The van der Waals surface area contributed by atoms with Crippen LogP contribution in [-0.2, 0) is 4.79 Å². The fourth-order valence-electron chi connectivity index (χ4n) is 3.51. The highest BCUT2D eigenvalue weighted by molar-refractivity contribution is 6.32. The molecule has 1 fully saturated rings. The number of anilines is 1. The van der Waals surface area contributed by atoms with Crippen LogP contribution in [0.25, 0.3) is 6.08 Å². The minimum atomic E-state index is -0.157. The Kier molecular flexibility index (Phi) is 8.60. The number of hydrogen-bond acceptors (Lipinski definition) is 4. The Morgan fingerprint density at radius 1 is 1.12 bits per heavy atom. The van der Waals surface area contributed by atoms with Crippen LogP contribution in [0.5, 0.6) is 11.5 Å². The molecule has 0 radical (unpaired) electrons. The van der Waals surface area contributed by atoms with Gasteiger partial charge in [0.05, 0.1) is 18.7 Å². The van der Waals surface area contributed by atoms with Gasteiger partial charge in [-0.15, -0.1) is 0 Å². The van der Waals surface area contributed by atoms with E-state index < -0.39 is 0 Å². The van der Waals surface area contributed by atoms with E-state index in [4.69, 9.17) is 21.1 Å². The van der Waals surface area contributed by atoms with Crippen LogP contribution in [0, 0.1) is 6.92 Å². The molecule has 1 N–H and O–H groups in total. The lowest BCUT2D eigenvalue weighted by atomic mass is 10.1. The molecule has 2 aromatic carbocycles. The Morgan fingerprint density at radius 3 is 2.52 bits per heavy atom. The third-order valence-corrected chi connectivity index (χ3v) is 5.55. The Balaban J connectivity index is 1.55. The van der Waals surface area contributed by atoms with Gasteiger partial charge in [0.1, 0.15) is 0 Å². The summed E-state index contributed by atoms with van der Waals surface area (Å²) in [6.45, 7) is 6.42. The molecule has 3 amide bonds. The van der Waals surface area contributed by atoms with Crippen LogP contribution < -0.4 is 14.8 Å². The minimum absolute atomic E-state index is 0.116. The van der Waals surface area contributed by atoms with Gasteiger partial charge in [-0.25, -0.2) is 4.79 Å². The highest BCUT2D eigenvalue weighted by atomic mass is 35.5. The van der Waals surface area contributed by atoms with Crippen LogP contribution in [-0.4, -0.2) is 61.6 Å². The number of benzene rings is 2. The van der Waals surface area contributed by atoms with Gasteiger partial charge < -0.3 is 24.6 Å². The van der Waals surface area contributed by atoms with Gasteiger partial charge in [0.25, 0.3) is 0 Å². The molecule has 8 heteroatoms. The fourth-order valence-corrected chi connectivity index (χ4v) is 3.78. The standard InChI is InChI=1S/C25H30ClN3O4/c1-4-14-33-24-21(26)16-19(17-22(24)32-3)8-9-23(30)28-10-12-29(13-11-28)25(31)27-20-7-5-6-18(2)15-20/h5-9,15-17H,4,10-14H2,1-3H3,(H,27,31)/b9-8+. The van der Waals surface area contributed by atoms with Crippen molar-refractivity contribution < 1.29 is 19.1 Å². The Morgan fingerprint density at radius 2 is 1.85 bits per heavy atom. The van der Waals surface area contributed by atoms with Crippen LogP contribution in [0.1, 0.15) is 24.5 Å². The number of aryl methyl sites for hydroxylation is 1. The topological polar surface area (TPSA) is 71.1 Å². The molecule has 176 valence electrons. The average molecular weight is 472 g/mol. The lowest BCUT2D eigenvalue weighted by molar-refractivity contribution is -0.127. The number of hydrogen-bond donors (Lipinski definition) is 1. The van der Waals surface area contributed by atoms with E-state index in [1.165, 1.54) is 6.08 Å². The number of nitrogens with zero attached hydrogens (tertiary/aromatic N) is 2. The number of piperazine rings is 1. The zero-order valence-electron chi connectivity index (χ0n) is 19.3. The molecule has 1 aliphatic rings. The Hall–Kier alpha value is -3.19. The smallest absolute Gasteiger partial charge is 0.321 e. The maximum atomic E-state index is 12.7. The summed E-state index contributed by atoms with van der Waals surface area (Å²) in [6.07, 6.45) is 4.08. The number of halogens is 1. The SMILES string of the molecule is CCCOc1c(Cl)cc(/C=C/C(=O)N2CCN(C(=O)Nc3cccc(C)c3)CC2)cc1OC. The molecule has 0 unspecified atom stereocenters. The molecule has 1 saturated heterocycles. The van der Waals surface area contributed by atoms with Crippen molar-refractivity contribution in [3.05, 3.63) is 58.6 Å². The predicted molar refractivity (Wildman–Crippen MR) is 131 cm³/mol. The number of methoxy groups -OCH3 is 1. The summed E-state index contributed by atoms with van der Waals surface area (Å²) >= 11 is 6.35. The molecule has 7 nitrogen and oxygen atoms in total. The molecule has 1 heterocycles. The molecular weight excluding hydrogens is 442 g/mol. The van der Waals surface area contributed by atoms with Gasteiger partial charge in [0, 0.05) is 37.9 Å². The van der Waals surface area contributed by atoms with Gasteiger partial charge in [0.15, 0.2) is 11.5 Å². The van der Waals surface area contributed by atoms with Gasteiger partial charge in [-0.2, -0.15) is 0 Å².